The van der Waals surface area contributed by atoms with Crippen molar-refractivity contribution in [3.63, 3.8) is 0 Å². The van der Waals surface area contributed by atoms with Gasteiger partial charge in [-0.2, -0.15) is 5.10 Å². The van der Waals surface area contributed by atoms with Crippen LogP contribution in [0.2, 0.25) is 0 Å². The summed E-state index contributed by atoms with van der Waals surface area (Å²) in [5.74, 6) is -0.746. The Morgan fingerprint density at radius 1 is 1.21 bits per heavy atom. The van der Waals surface area contributed by atoms with Crippen LogP contribution in [0.5, 0.6) is 5.75 Å². The highest BCUT2D eigenvalue weighted by molar-refractivity contribution is 8.01. The number of thiazole rings is 1. The molecule has 0 bridgehead atoms. The number of thioether (sulfide) groups is 1. The van der Waals surface area contributed by atoms with Gasteiger partial charge in [-0.3, -0.25) is 0 Å². The second-order valence-corrected chi connectivity index (χ2v) is 9.99. The first kappa shape index (κ1) is 24.1. The number of aromatic nitrogens is 4. The van der Waals surface area contributed by atoms with E-state index in [0.29, 0.717) is 4.34 Å². The van der Waals surface area contributed by atoms with E-state index >= 15 is 0 Å². The topological polar surface area (TPSA) is 73.1 Å². The molecule has 10 heteroatoms. The van der Waals surface area contributed by atoms with E-state index < -0.39 is 22.5 Å². The van der Waals surface area contributed by atoms with E-state index in [1.54, 1.807) is 14.0 Å². The lowest BCUT2D eigenvalue weighted by atomic mass is 9.90. The van der Waals surface area contributed by atoms with Crippen LogP contribution in [0, 0.1) is 11.6 Å². The Bertz CT molecular complexity index is 1260. The molecule has 1 N–H and O–H groups in total. The van der Waals surface area contributed by atoms with E-state index in [4.69, 9.17) is 4.74 Å². The fourth-order valence-corrected chi connectivity index (χ4v) is 5.55. The van der Waals surface area contributed by atoms with E-state index in [9.17, 15) is 13.9 Å². The van der Waals surface area contributed by atoms with Crippen LogP contribution >= 0.6 is 23.1 Å². The molecule has 0 amide bonds. The third-order valence-corrected chi connectivity index (χ3v) is 7.55. The summed E-state index contributed by atoms with van der Waals surface area (Å²) in [5, 5.41) is 17.0. The minimum absolute atomic E-state index is 0.0134. The molecular formula is C24H22F2N4O2S2. The number of nitrogens with zero attached hydrogens (tertiary/aromatic N) is 4. The average molecular weight is 501 g/mol. The highest BCUT2D eigenvalue weighted by Crippen LogP contribution is 2.40. The van der Waals surface area contributed by atoms with Gasteiger partial charge in [-0.1, -0.05) is 36.0 Å². The molecule has 0 aliphatic carbocycles. The summed E-state index contributed by atoms with van der Waals surface area (Å²) >= 11 is 2.74. The van der Waals surface area contributed by atoms with Crippen molar-refractivity contribution in [3.8, 4) is 5.75 Å². The molecule has 34 heavy (non-hydrogen) atoms. The lowest BCUT2D eigenvalue weighted by molar-refractivity contribution is 0.0133. The van der Waals surface area contributed by atoms with Crippen LogP contribution in [0.25, 0.3) is 12.2 Å². The molecule has 0 unspecified atom stereocenters. The quantitative estimate of drug-likeness (QED) is 0.316. The summed E-state index contributed by atoms with van der Waals surface area (Å²) in [6.07, 6.45) is 6.62. The molecule has 176 valence electrons. The molecule has 2 atom stereocenters. The molecule has 0 radical (unpaired) electrons. The van der Waals surface area contributed by atoms with Gasteiger partial charge < -0.3 is 9.84 Å². The van der Waals surface area contributed by atoms with Crippen molar-refractivity contribution < 1.29 is 18.6 Å². The first-order chi connectivity index (χ1) is 16.4. The van der Waals surface area contributed by atoms with Crippen molar-refractivity contribution in [1.29, 1.82) is 0 Å². The van der Waals surface area contributed by atoms with Crippen molar-refractivity contribution in [2.75, 3.05) is 7.11 Å². The summed E-state index contributed by atoms with van der Waals surface area (Å²) in [4.78, 5) is 8.50. The first-order valence-corrected chi connectivity index (χ1v) is 12.1. The molecule has 2 heterocycles. The van der Waals surface area contributed by atoms with E-state index in [1.165, 1.54) is 46.5 Å². The Hall–Kier alpha value is -3.08. The third kappa shape index (κ3) is 5.52. The zero-order chi connectivity index (χ0) is 24.1. The van der Waals surface area contributed by atoms with Crippen molar-refractivity contribution >= 4 is 35.3 Å². The second kappa shape index (κ2) is 10.5. The standard InChI is InChI=1S/C24H22F2N4O2S2/c1-16(24(31,13-30-15-27-14-28-30)21-10-6-18(25)11-22(21)26)34-23-29-19(12-33-23)7-3-17-4-8-20(32-2)9-5-17/h3-12,14-16,31H,13H2,1-2H3/t16-,24-/m1/s1. The van der Waals surface area contributed by atoms with Gasteiger partial charge in [0.25, 0.3) is 0 Å². The number of methoxy groups -OCH3 is 1. The summed E-state index contributed by atoms with van der Waals surface area (Å²) in [7, 11) is 1.62. The Morgan fingerprint density at radius 3 is 2.68 bits per heavy atom. The van der Waals surface area contributed by atoms with Crippen LogP contribution in [0.1, 0.15) is 23.7 Å². The van der Waals surface area contributed by atoms with E-state index in [2.05, 4.69) is 15.1 Å². The van der Waals surface area contributed by atoms with Crippen LogP contribution in [0.4, 0.5) is 8.78 Å². The molecule has 4 aromatic rings. The number of ether oxygens (including phenoxy) is 1. The zero-order valence-electron chi connectivity index (χ0n) is 18.4. The second-order valence-electron chi connectivity index (χ2n) is 7.55. The fraction of sp³-hybridized carbons (Fsp3) is 0.208. The SMILES string of the molecule is COc1ccc(C=Cc2csc(S[C@H](C)[C@](O)(Cn3cncn3)c3ccc(F)cc3F)n2)cc1. The highest BCUT2D eigenvalue weighted by Gasteiger charge is 2.40. The molecule has 0 saturated carbocycles. The zero-order valence-corrected chi connectivity index (χ0v) is 20.1. The van der Waals surface area contributed by atoms with E-state index in [0.717, 1.165) is 29.1 Å². The maximum Gasteiger partial charge on any atom is 0.150 e. The summed E-state index contributed by atoms with van der Waals surface area (Å²) in [6, 6.07) is 10.8. The molecule has 0 fully saturated rings. The third-order valence-electron chi connectivity index (χ3n) is 5.28. The maximum absolute atomic E-state index is 14.7. The largest absolute Gasteiger partial charge is 0.497 e. The molecule has 2 aromatic carbocycles. The molecule has 0 spiro atoms. The average Bonchev–Trinajstić information content (AvgIpc) is 3.50. The lowest BCUT2D eigenvalue weighted by Crippen LogP contribution is -2.41. The number of hydrogen-bond acceptors (Lipinski definition) is 7. The predicted molar refractivity (Wildman–Crippen MR) is 130 cm³/mol. The Kier molecular flexibility index (Phi) is 7.40. The van der Waals surface area contributed by atoms with Gasteiger partial charge >= 0.3 is 0 Å². The van der Waals surface area contributed by atoms with Crippen molar-refractivity contribution in [1.82, 2.24) is 19.7 Å². The number of rotatable bonds is 9. The van der Waals surface area contributed by atoms with Gasteiger partial charge in [0.05, 0.1) is 19.3 Å². The molecule has 6 nitrogen and oxygen atoms in total. The number of halogens is 2. The molecule has 4 rings (SSSR count). The van der Waals surface area contributed by atoms with Crippen LogP contribution in [-0.4, -0.2) is 37.2 Å². The maximum atomic E-state index is 14.7. The first-order valence-electron chi connectivity index (χ1n) is 10.3. The van der Waals surface area contributed by atoms with Crippen molar-refractivity contribution in [2.45, 2.75) is 28.7 Å². The minimum atomic E-state index is -1.69. The Balaban J connectivity index is 1.54. The fourth-order valence-electron chi connectivity index (χ4n) is 3.38. The Labute approximate surface area is 204 Å². The summed E-state index contributed by atoms with van der Waals surface area (Å²) in [5.41, 5.74) is 0.0650. The summed E-state index contributed by atoms with van der Waals surface area (Å²) < 4.78 is 35.5. The molecule has 0 saturated heterocycles. The van der Waals surface area contributed by atoms with Gasteiger partial charge in [0.15, 0.2) is 4.34 Å². The van der Waals surface area contributed by atoms with Gasteiger partial charge in [0.2, 0.25) is 0 Å². The van der Waals surface area contributed by atoms with Gasteiger partial charge in [0.1, 0.15) is 35.6 Å². The van der Waals surface area contributed by atoms with Gasteiger partial charge in [-0.05, 0) is 36.8 Å². The molecular weight excluding hydrogens is 478 g/mol. The summed E-state index contributed by atoms with van der Waals surface area (Å²) in [6.45, 7) is 1.72. The van der Waals surface area contributed by atoms with Crippen LogP contribution < -0.4 is 4.74 Å². The van der Waals surface area contributed by atoms with Crippen LogP contribution in [-0.2, 0) is 12.1 Å². The number of aliphatic hydroxyl groups is 1. The Morgan fingerprint density at radius 2 is 2.00 bits per heavy atom. The number of benzene rings is 2. The van der Waals surface area contributed by atoms with Gasteiger partial charge in [-0.25, -0.2) is 23.4 Å². The van der Waals surface area contributed by atoms with Gasteiger partial charge in [-0.15, -0.1) is 11.3 Å². The van der Waals surface area contributed by atoms with Crippen LogP contribution in [0.15, 0.2) is 64.8 Å². The molecule has 2 aromatic heterocycles. The van der Waals surface area contributed by atoms with Crippen molar-refractivity contribution in [3.05, 3.63) is 89.0 Å². The normalized spacial score (nSPS) is 14.3. The lowest BCUT2D eigenvalue weighted by Gasteiger charge is -2.34. The molecule has 0 aliphatic rings. The molecule has 0 aliphatic heterocycles. The number of hydrogen-bond donors (Lipinski definition) is 1. The smallest absolute Gasteiger partial charge is 0.150 e. The van der Waals surface area contributed by atoms with Gasteiger partial charge in [0, 0.05) is 22.3 Å². The monoisotopic (exact) mass is 500 g/mol. The predicted octanol–water partition coefficient (Wildman–Crippen LogP) is 5.26. The van der Waals surface area contributed by atoms with Crippen LogP contribution in [0.3, 0.4) is 0 Å². The van der Waals surface area contributed by atoms with Crippen molar-refractivity contribution in [2.24, 2.45) is 0 Å². The highest BCUT2D eigenvalue weighted by atomic mass is 32.2. The van der Waals surface area contributed by atoms with E-state index in [1.807, 2.05) is 41.8 Å². The minimum Gasteiger partial charge on any atom is -0.497 e. The van der Waals surface area contributed by atoms with E-state index in [-0.39, 0.29) is 12.1 Å².